The lowest BCUT2D eigenvalue weighted by molar-refractivity contribution is -0.126. The highest BCUT2D eigenvalue weighted by atomic mass is 16.5. The molecule has 1 saturated heterocycles. The fourth-order valence-electron chi connectivity index (χ4n) is 3.84. The smallest absolute Gasteiger partial charge is 0.246 e. The SMILES string of the molecule is COc1cc2occ(-c3ccccc3)c2cc1/C(C)=C/C(=O)N1CCCCC1. The van der Waals surface area contributed by atoms with Crippen LogP contribution in [0.1, 0.15) is 31.7 Å². The molecule has 144 valence electrons. The average molecular weight is 375 g/mol. The molecule has 0 bridgehead atoms. The van der Waals surface area contributed by atoms with Crippen LogP contribution in [0.4, 0.5) is 0 Å². The first-order valence-corrected chi connectivity index (χ1v) is 9.79. The first kappa shape index (κ1) is 18.4. The Morgan fingerprint density at radius 3 is 2.57 bits per heavy atom. The fraction of sp³-hybridized carbons (Fsp3) is 0.292. The summed E-state index contributed by atoms with van der Waals surface area (Å²) in [6.45, 7) is 3.66. The Hall–Kier alpha value is -3.01. The molecule has 3 aromatic rings. The van der Waals surface area contributed by atoms with E-state index < -0.39 is 0 Å². The van der Waals surface area contributed by atoms with Gasteiger partial charge in [0, 0.05) is 41.7 Å². The fourth-order valence-corrected chi connectivity index (χ4v) is 3.84. The van der Waals surface area contributed by atoms with Crippen LogP contribution in [0, 0.1) is 0 Å². The third kappa shape index (κ3) is 3.55. The van der Waals surface area contributed by atoms with Crippen LogP contribution < -0.4 is 4.74 Å². The van der Waals surface area contributed by atoms with Crippen LogP contribution in [0.15, 0.2) is 59.2 Å². The summed E-state index contributed by atoms with van der Waals surface area (Å²) in [5.41, 5.74) is 4.72. The second-order valence-corrected chi connectivity index (χ2v) is 7.28. The zero-order chi connectivity index (χ0) is 19.5. The monoisotopic (exact) mass is 375 g/mol. The van der Waals surface area contributed by atoms with Gasteiger partial charge in [-0.15, -0.1) is 0 Å². The van der Waals surface area contributed by atoms with Crippen molar-refractivity contribution in [1.29, 1.82) is 0 Å². The largest absolute Gasteiger partial charge is 0.496 e. The molecule has 4 nitrogen and oxygen atoms in total. The van der Waals surface area contributed by atoms with E-state index in [-0.39, 0.29) is 5.91 Å². The molecule has 0 radical (unpaired) electrons. The van der Waals surface area contributed by atoms with E-state index in [4.69, 9.17) is 9.15 Å². The highest BCUT2D eigenvalue weighted by molar-refractivity contribution is 6.00. The summed E-state index contributed by atoms with van der Waals surface area (Å²) in [6.07, 6.45) is 6.89. The Labute approximate surface area is 165 Å². The molecule has 2 heterocycles. The molecule has 1 aliphatic heterocycles. The van der Waals surface area contributed by atoms with E-state index in [1.165, 1.54) is 6.42 Å². The van der Waals surface area contributed by atoms with E-state index in [0.717, 1.165) is 59.2 Å². The minimum Gasteiger partial charge on any atom is -0.496 e. The summed E-state index contributed by atoms with van der Waals surface area (Å²) < 4.78 is 11.4. The molecular formula is C24H25NO3. The maximum atomic E-state index is 12.7. The Morgan fingerprint density at radius 2 is 1.86 bits per heavy atom. The number of carbonyl (C=O) groups is 1. The zero-order valence-corrected chi connectivity index (χ0v) is 16.4. The summed E-state index contributed by atoms with van der Waals surface area (Å²) in [4.78, 5) is 14.6. The van der Waals surface area contributed by atoms with E-state index in [0.29, 0.717) is 5.75 Å². The van der Waals surface area contributed by atoms with Gasteiger partial charge in [-0.25, -0.2) is 0 Å². The second-order valence-electron chi connectivity index (χ2n) is 7.28. The predicted molar refractivity (Wildman–Crippen MR) is 112 cm³/mol. The quantitative estimate of drug-likeness (QED) is 0.564. The summed E-state index contributed by atoms with van der Waals surface area (Å²) in [7, 11) is 1.64. The van der Waals surface area contributed by atoms with Crippen molar-refractivity contribution in [2.75, 3.05) is 20.2 Å². The van der Waals surface area contributed by atoms with Crippen molar-refractivity contribution in [1.82, 2.24) is 4.90 Å². The standard InChI is InChI=1S/C24H25NO3/c1-17(13-24(26)25-11-7-4-8-12-25)19-14-20-21(18-9-5-3-6-10-18)16-28-23(20)15-22(19)27-2/h3,5-6,9-10,13-16H,4,7-8,11-12H2,1-2H3/b17-13+. The maximum Gasteiger partial charge on any atom is 0.246 e. The molecule has 2 aromatic carbocycles. The number of carbonyl (C=O) groups excluding carboxylic acids is 1. The van der Waals surface area contributed by atoms with Gasteiger partial charge >= 0.3 is 0 Å². The number of ether oxygens (including phenoxy) is 1. The lowest BCUT2D eigenvalue weighted by Crippen LogP contribution is -2.34. The number of benzene rings is 2. The lowest BCUT2D eigenvalue weighted by Gasteiger charge is -2.25. The lowest BCUT2D eigenvalue weighted by atomic mass is 9.99. The number of allylic oxidation sites excluding steroid dienone is 1. The van der Waals surface area contributed by atoms with Crippen molar-refractivity contribution < 1.29 is 13.9 Å². The molecule has 0 aliphatic carbocycles. The van der Waals surface area contributed by atoms with Gasteiger partial charge in [-0.3, -0.25) is 4.79 Å². The van der Waals surface area contributed by atoms with Gasteiger partial charge in [-0.1, -0.05) is 30.3 Å². The van der Waals surface area contributed by atoms with Crippen molar-refractivity contribution in [3.05, 3.63) is 60.4 Å². The number of amides is 1. The molecule has 0 unspecified atom stereocenters. The molecule has 0 N–H and O–H groups in total. The molecule has 4 rings (SSSR count). The van der Waals surface area contributed by atoms with E-state index in [9.17, 15) is 4.79 Å². The minimum atomic E-state index is 0.0785. The van der Waals surface area contributed by atoms with Crippen LogP contribution in [0.5, 0.6) is 5.75 Å². The van der Waals surface area contributed by atoms with Crippen LogP contribution in [0.2, 0.25) is 0 Å². The van der Waals surface area contributed by atoms with Gasteiger partial charge in [0.1, 0.15) is 11.3 Å². The molecule has 1 fully saturated rings. The number of piperidine rings is 1. The van der Waals surface area contributed by atoms with Crippen LogP contribution >= 0.6 is 0 Å². The summed E-state index contributed by atoms with van der Waals surface area (Å²) in [6, 6.07) is 14.1. The van der Waals surface area contributed by atoms with Crippen LogP contribution in [0.3, 0.4) is 0 Å². The molecule has 4 heteroatoms. The van der Waals surface area contributed by atoms with Gasteiger partial charge in [0.2, 0.25) is 5.91 Å². The van der Waals surface area contributed by atoms with Gasteiger partial charge < -0.3 is 14.1 Å². The third-order valence-electron chi connectivity index (χ3n) is 5.41. The second kappa shape index (κ2) is 7.93. The Bertz CT molecular complexity index is 1010. The predicted octanol–water partition coefficient (Wildman–Crippen LogP) is 5.52. The average Bonchev–Trinajstić information content (AvgIpc) is 3.16. The molecular weight excluding hydrogens is 350 g/mol. The number of hydrogen-bond acceptors (Lipinski definition) is 3. The molecule has 1 aliphatic rings. The number of nitrogens with zero attached hydrogens (tertiary/aromatic N) is 1. The number of likely N-dealkylation sites (tertiary alicyclic amines) is 1. The zero-order valence-electron chi connectivity index (χ0n) is 16.4. The van der Waals surface area contributed by atoms with Crippen LogP contribution in [-0.2, 0) is 4.79 Å². The van der Waals surface area contributed by atoms with Gasteiger partial charge in [-0.05, 0) is 43.4 Å². The summed E-state index contributed by atoms with van der Waals surface area (Å²) in [5.74, 6) is 0.788. The molecule has 0 saturated carbocycles. The Morgan fingerprint density at radius 1 is 1.11 bits per heavy atom. The third-order valence-corrected chi connectivity index (χ3v) is 5.41. The molecule has 1 aromatic heterocycles. The van der Waals surface area contributed by atoms with Crippen molar-refractivity contribution in [2.45, 2.75) is 26.2 Å². The number of furan rings is 1. The van der Waals surface area contributed by atoms with Crippen molar-refractivity contribution in [3.8, 4) is 16.9 Å². The molecule has 28 heavy (non-hydrogen) atoms. The van der Waals surface area contributed by atoms with Gasteiger partial charge in [0.25, 0.3) is 0 Å². The number of rotatable bonds is 4. The van der Waals surface area contributed by atoms with E-state index in [2.05, 4.69) is 18.2 Å². The molecule has 0 atom stereocenters. The topological polar surface area (TPSA) is 42.7 Å². The first-order chi connectivity index (χ1) is 13.7. The highest BCUT2D eigenvalue weighted by Crippen LogP contribution is 2.37. The van der Waals surface area contributed by atoms with Crippen molar-refractivity contribution in [3.63, 3.8) is 0 Å². The van der Waals surface area contributed by atoms with E-state index >= 15 is 0 Å². The molecule has 1 amide bonds. The normalized spacial score (nSPS) is 15.1. The van der Waals surface area contributed by atoms with Crippen LogP contribution in [0.25, 0.3) is 27.7 Å². The number of methoxy groups -OCH3 is 1. The number of fused-ring (bicyclic) bond motifs is 1. The first-order valence-electron chi connectivity index (χ1n) is 9.79. The van der Waals surface area contributed by atoms with E-state index in [1.807, 2.05) is 36.1 Å². The van der Waals surface area contributed by atoms with Gasteiger partial charge in [-0.2, -0.15) is 0 Å². The van der Waals surface area contributed by atoms with Crippen molar-refractivity contribution >= 4 is 22.4 Å². The summed E-state index contributed by atoms with van der Waals surface area (Å²) >= 11 is 0. The van der Waals surface area contributed by atoms with Crippen LogP contribution in [-0.4, -0.2) is 31.0 Å². The molecule has 0 spiro atoms. The van der Waals surface area contributed by atoms with Gasteiger partial charge in [0.15, 0.2) is 0 Å². The van der Waals surface area contributed by atoms with Crippen molar-refractivity contribution in [2.24, 2.45) is 0 Å². The van der Waals surface area contributed by atoms with Gasteiger partial charge in [0.05, 0.1) is 13.4 Å². The minimum absolute atomic E-state index is 0.0785. The Kier molecular flexibility index (Phi) is 5.20. The maximum absolute atomic E-state index is 12.7. The summed E-state index contributed by atoms with van der Waals surface area (Å²) in [5, 5.41) is 1.01. The van der Waals surface area contributed by atoms with E-state index in [1.54, 1.807) is 19.4 Å². The number of hydrogen-bond donors (Lipinski definition) is 0. The Balaban J connectivity index is 1.74. The highest BCUT2D eigenvalue weighted by Gasteiger charge is 2.17.